The highest BCUT2D eigenvalue weighted by molar-refractivity contribution is 4.97. The Balaban J connectivity index is 0.000000684. The van der Waals surface area contributed by atoms with Gasteiger partial charge in [-0.15, -0.1) is 30.6 Å². The summed E-state index contributed by atoms with van der Waals surface area (Å²) in [6, 6.07) is 0. The normalized spacial score (nSPS) is 11.7. The molecule has 6 aromatic heterocycles. The van der Waals surface area contributed by atoms with Crippen molar-refractivity contribution < 1.29 is 0 Å². The molecule has 18 heteroatoms. The highest BCUT2D eigenvalue weighted by Gasteiger charge is 2.12. The van der Waals surface area contributed by atoms with E-state index in [-0.39, 0.29) is 0 Å². The highest BCUT2D eigenvalue weighted by Crippen LogP contribution is 2.20. The van der Waals surface area contributed by atoms with Crippen LogP contribution in [-0.4, -0.2) is 90.0 Å². The van der Waals surface area contributed by atoms with E-state index in [0.29, 0.717) is 5.92 Å². The van der Waals surface area contributed by atoms with Crippen LogP contribution in [0.2, 0.25) is 0 Å². The van der Waals surface area contributed by atoms with E-state index in [1.807, 2.05) is 34.2 Å². The SMILES string of the molecule is CC(C)CCCCCCCn1nncc1CCC(C)C.CC(C)CCCCCc1cn(CC(C)C)nn1.CC(C)CCCCCc1cn(CCCC(C)C)nn1.CC(C)CCCCCn1nncc1CCCC(C)C.CC(C)CCCCCn1nncc1CCCCC(C)C.CC(C)CCCCc1cnnn1CCCCC(C)C. The molecule has 0 saturated carbocycles. The molecule has 0 radical (unpaired) electrons. The molecule has 0 atom stereocenters. The van der Waals surface area contributed by atoms with Crippen LogP contribution in [0.3, 0.4) is 0 Å². The summed E-state index contributed by atoms with van der Waals surface area (Å²) in [6.07, 6.45) is 65.6. The fraction of sp³-hybridized carbons (Fsp3) is 0.875. The third-order valence-electron chi connectivity index (χ3n) is 21.1. The zero-order chi connectivity index (χ0) is 84.5. The van der Waals surface area contributed by atoms with Crippen molar-refractivity contribution in [2.24, 2.45) is 71.0 Å². The standard InChI is InChI=1S/2C17H33N3.3C16H31N3.C14H27N3/c1-15(2)10-6-5-9-13-20-17(14-18-19-20)12-8-7-11-16(3)4;1-15(2)10-8-6-5-7-9-13-20-17(14-18-19-20)12-11-16(3)4;1-14(2)9-5-6-11-16-13-17-18-19(16)12-8-7-10-15(3)4;1-14(2)9-6-5-7-12-19-16(13-17-18-19)11-8-10-15(3)4;1-14(2)9-6-5-7-11-16-13-19(18-17-16)12-8-10-15(3)4;1-12(2)8-6-5-7-9-14-11-17(16-15-14)10-13(3)4/h2*14-16H,5-13H2,1-4H3;3*13-15H,5-12H2,1-4H3;11-13H,5-10H2,1-4H3. The number of hydrogen-bond acceptors (Lipinski definition) is 12. The Morgan fingerprint density at radius 3 is 0.781 bits per heavy atom. The topological polar surface area (TPSA) is 184 Å². The first kappa shape index (κ1) is 107. The second-order valence-corrected chi connectivity index (χ2v) is 38.9. The minimum Gasteiger partial charge on any atom is -0.252 e. The summed E-state index contributed by atoms with van der Waals surface area (Å²) in [5, 5.41) is 50.0. The van der Waals surface area contributed by atoms with Gasteiger partial charge in [0.2, 0.25) is 0 Å². The highest BCUT2D eigenvalue weighted by atomic mass is 15.4. The molecule has 0 aliphatic rings. The minimum atomic E-state index is 0.635. The fourth-order valence-electron chi connectivity index (χ4n) is 13.8. The molecule has 0 amide bonds. The predicted molar refractivity (Wildman–Crippen MR) is 487 cm³/mol. The lowest BCUT2D eigenvalue weighted by molar-refractivity contribution is 0.471. The second-order valence-electron chi connectivity index (χ2n) is 38.9. The molecule has 0 spiro atoms. The molecule has 0 N–H and O–H groups in total. The molecular formula is C96H186N18. The van der Waals surface area contributed by atoms with Gasteiger partial charge in [0, 0.05) is 51.7 Å². The van der Waals surface area contributed by atoms with Gasteiger partial charge < -0.3 is 0 Å². The Morgan fingerprint density at radius 2 is 0.439 bits per heavy atom. The second kappa shape index (κ2) is 69.8. The van der Waals surface area contributed by atoms with Gasteiger partial charge in [-0.05, 0) is 187 Å². The van der Waals surface area contributed by atoms with E-state index < -0.39 is 0 Å². The summed E-state index contributed by atoms with van der Waals surface area (Å²) in [5.74, 6) is 9.59. The lowest BCUT2D eigenvalue weighted by Gasteiger charge is -2.08. The van der Waals surface area contributed by atoms with Crippen molar-refractivity contribution >= 4 is 0 Å². The molecule has 0 aliphatic carbocycles. The third kappa shape index (κ3) is 63.9. The number of hydrogen-bond donors (Lipinski definition) is 0. The molecular weight excluding hydrogens is 1410 g/mol. The van der Waals surface area contributed by atoms with Crippen molar-refractivity contribution in [1.82, 2.24) is 90.0 Å². The summed E-state index contributed by atoms with van der Waals surface area (Å²) in [6.45, 7) is 60.9. The maximum atomic E-state index is 4.26. The number of aryl methyl sites for hydroxylation is 11. The molecule has 0 unspecified atom stereocenters. The maximum Gasteiger partial charge on any atom is 0.0827 e. The van der Waals surface area contributed by atoms with Crippen LogP contribution in [0.5, 0.6) is 0 Å². The summed E-state index contributed by atoms with van der Waals surface area (Å²) in [4.78, 5) is 0. The van der Waals surface area contributed by atoms with E-state index in [1.54, 1.807) is 0 Å². The largest absolute Gasteiger partial charge is 0.252 e. The Hall–Kier alpha value is -5.16. The molecule has 6 rings (SSSR count). The molecule has 18 nitrogen and oxygen atoms in total. The van der Waals surface area contributed by atoms with Crippen LogP contribution in [0.1, 0.15) is 431 Å². The van der Waals surface area contributed by atoms with Crippen LogP contribution < -0.4 is 0 Å². The van der Waals surface area contributed by atoms with Crippen LogP contribution >= 0.6 is 0 Å². The van der Waals surface area contributed by atoms with Crippen molar-refractivity contribution in [2.75, 3.05) is 0 Å². The Labute approximate surface area is 703 Å². The Bertz CT molecular complexity index is 2970. The van der Waals surface area contributed by atoms with Crippen molar-refractivity contribution in [3.8, 4) is 0 Å². The van der Waals surface area contributed by atoms with Crippen LogP contribution in [0.25, 0.3) is 0 Å². The van der Waals surface area contributed by atoms with Crippen molar-refractivity contribution in [2.45, 2.75) is 475 Å². The average Bonchev–Trinajstić information content (AvgIpc) is 1.79. The molecule has 6 heterocycles. The Kier molecular flexibility index (Phi) is 65.4. The van der Waals surface area contributed by atoms with Crippen LogP contribution in [0.4, 0.5) is 0 Å². The summed E-state index contributed by atoms with van der Waals surface area (Å²) in [5.41, 5.74) is 7.55. The summed E-state index contributed by atoms with van der Waals surface area (Å²) < 4.78 is 12.4. The van der Waals surface area contributed by atoms with E-state index in [0.717, 1.165) is 154 Å². The van der Waals surface area contributed by atoms with Crippen LogP contribution in [0, 0.1) is 71.0 Å². The zero-order valence-corrected chi connectivity index (χ0v) is 79.4. The number of nitrogens with zero attached hydrogens (tertiary/aromatic N) is 18. The molecule has 0 bridgehead atoms. The van der Waals surface area contributed by atoms with Gasteiger partial charge in [0.05, 0.1) is 59.0 Å². The van der Waals surface area contributed by atoms with E-state index in [1.165, 1.54) is 254 Å². The maximum absolute atomic E-state index is 4.26. The van der Waals surface area contributed by atoms with E-state index >= 15 is 0 Å². The quantitative estimate of drug-likeness (QED) is 0.0330. The van der Waals surface area contributed by atoms with Gasteiger partial charge in [-0.1, -0.05) is 352 Å². The van der Waals surface area contributed by atoms with E-state index in [2.05, 4.69) is 259 Å². The van der Waals surface area contributed by atoms with E-state index in [9.17, 15) is 0 Å². The summed E-state index contributed by atoms with van der Waals surface area (Å²) in [7, 11) is 0. The first-order chi connectivity index (χ1) is 54.5. The smallest absolute Gasteiger partial charge is 0.0827 e. The average molecular weight is 1590 g/mol. The first-order valence-corrected chi connectivity index (χ1v) is 47.8. The number of aromatic nitrogens is 18. The molecule has 114 heavy (non-hydrogen) atoms. The lowest BCUT2D eigenvalue weighted by Crippen LogP contribution is -2.06. The predicted octanol–water partition coefficient (Wildman–Crippen LogP) is 26.8. The molecule has 0 aliphatic heterocycles. The first-order valence-electron chi connectivity index (χ1n) is 47.8. The number of unbranched alkanes of at least 4 members (excludes halogenated alkanes) is 15. The number of rotatable bonds is 60. The Morgan fingerprint density at radius 1 is 0.202 bits per heavy atom. The van der Waals surface area contributed by atoms with E-state index in [4.69, 9.17) is 0 Å². The van der Waals surface area contributed by atoms with Crippen molar-refractivity contribution in [1.29, 1.82) is 0 Å². The molecule has 0 aromatic carbocycles. The minimum absolute atomic E-state index is 0.635. The lowest BCUT2D eigenvalue weighted by atomic mass is 10.0. The van der Waals surface area contributed by atoms with Gasteiger partial charge >= 0.3 is 0 Å². The van der Waals surface area contributed by atoms with Crippen molar-refractivity contribution in [3.63, 3.8) is 0 Å². The fourth-order valence-corrected chi connectivity index (χ4v) is 13.8. The third-order valence-corrected chi connectivity index (χ3v) is 21.1. The van der Waals surface area contributed by atoms with Gasteiger partial charge in [-0.2, -0.15) is 0 Å². The van der Waals surface area contributed by atoms with Gasteiger partial charge in [0.1, 0.15) is 0 Å². The van der Waals surface area contributed by atoms with Crippen molar-refractivity contribution in [3.05, 3.63) is 71.3 Å². The van der Waals surface area contributed by atoms with Crippen LogP contribution in [-0.2, 0) is 77.8 Å². The summed E-state index contributed by atoms with van der Waals surface area (Å²) >= 11 is 0. The van der Waals surface area contributed by atoms with Gasteiger partial charge in [0.15, 0.2) is 0 Å². The monoisotopic (exact) mass is 1590 g/mol. The zero-order valence-electron chi connectivity index (χ0n) is 79.4. The van der Waals surface area contributed by atoms with Gasteiger partial charge in [-0.3, -0.25) is 9.36 Å². The molecule has 0 saturated heterocycles. The molecule has 660 valence electrons. The van der Waals surface area contributed by atoms with Gasteiger partial charge in [-0.25, -0.2) is 18.7 Å². The molecule has 0 fully saturated rings. The van der Waals surface area contributed by atoms with Crippen LogP contribution in [0.15, 0.2) is 37.2 Å². The molecule has 6 aromatic rings. The van der Waals surface area contributed by atoms with Gasteiger partial charge in [0.25, 0.3) is 0 Å².